The third-order valence-corrected chi connectivity index (χ3v) is 8.25. The molecule has 0 saturated heterocycles. The van der Waals surface area contributed by atoms with Crippen molar-refractivity contribution in [2.75, 3.05) is 6.61 Å². The van der Waals surface area contributed by atoms with E-state index in [4.69, 9.17) is 14.8 Å². The van der Waals surface area contributed by atoms with Crippen molar-refractivity contribution in [2.24, 2.45) is 0 Å². The number of thiazole rings is 1. The summed E-state index contributed by atoms with van der Waals surface area (Å²) < 4.78 is 7.60. The van der Waals surface area contributed by atoms with Crippen LogP contribution < -0.4 is 5.32 Å². The number of rotatable bonds is 9. The van der Waals surface area contributed by atoms with E-state index in [1.807, 2.05) is 35.7 Å². The van der Waals surface area contributed by atoms with Crippen molar-refractivity contribution in [1.82, 2.24) is 20.1 Å². The van der Waals surface area contributed by atoms with E-state index in [9.17, 15) is 4.79 Å². The fourth-order valence-corrected chi connectivity index (χ4v) is 5.39. The van der Waals surface area contributed by atoms with E-state index in [0.29, 0.717) is 24.6 Å². The van der Waals surface area contributed by atoms with Crippen molar-refractivity contribution in [2.45, 2.75) is 64.1 Å². The van der Waals surface area contributed by atoms with E-state index >= 15 is 0 Å². The minimum Gasteiger partial charge on any atom is -0.360 e. The number of nitrogens with zero attached hydrogens (tertiary/aromatic N) is 3. The Labute approximate surface area is 195 Å². The van der Waals surface area contributed by atoms with Gasteiger partial charge in [-0.15, -0.1) is 11.3 Å². The molecule has 3 aromatic rings. The highest BCUT2D eigenvalue weighted by molar-refractivity contribution is 7.13. The summed E-state index contributed by atoms with van der Waals surface area (Å²) in [4.78, 5) is 17.9. The van der Waals surface area contributed by atoms with Crippen molar-refractivity contribution in [3.63, 3.8) is 0 Å². The number of ether oxygens (including phenoxy) is 1. The van der Waals surface area contributed by atoms with Crippen LogP contribution in [0.5, 0.6) is 0 Å². The molecule has 170 valence electrons. The largest absolute Gasteiger partial charge is 0.360 e. The lowest BCUT2D eigenvalue weighted by Crippen LogP contribution is -2.32. The fraction of sp³-hybridized carbons (Fsp3) is 0.458. The van der Waals surface area contributed by atoms with Gasteiger partial charge in [-0.05, 0) is 18.9 Å². The molecule has 0 unspecified atom stereocenters. The highest BCUT2D eigenvalue weighted by Gasteiger charge is 2.24. The second kappa shape index (κ2) is 10.1. The normalized spacial score (nSPS) is 14.7. The molecular formula is C24H32N4O2SSi. The van der Waals surface area contributed by atoms with Gasteiger partial charge < -0.3 is 10.1 Å². The first-order valence-corrected chi connectivity index (χ1v) is 16.0. The smallest absolute Gasteiger partial charge is 0.255 e. The SMILES string of the molecule is C[Si](C)(C)CCOCn1cc(C(=O)NC2CCCC2)c(-c2nc(-c3ccccc3)cs2)n1. The summed E-state index contributed by atoms with van der Waals surface area (Å²) in [7, 11) is -1.15. The van der Waals surface area contributed by atoms with E-state index in [-0.39, 0.29) is 11.9 Å². The Morgan fingerprint density at radius 1 is 1.22 bits per heavy atom. The van der Waals surface area contributed by atoms with Gasteiger partial charge in [0, 0.05) is 37.9 Å². The molecule has 0 radical (unpaired) electrons. The Balaban J connectivity index is 1.55. The zero-order valence-corrected chi connectivity index (χ0v) is 21.0. The molecule has 4 rings (SSSR count). The number of hydrogen-bond donors (Lipinski definition) is 1. The monoisotopic (exact) mass is 468 g/mol. The molecular weight excluding hydrogens is 436 g/mol. The average Bonchev–Trinajstić information content (AvgIpc) is 3.51. The van der Waals surface area contributed by atoms with Crippen LogP contribution in [0.15, 0.2) is 41.9 Å². The van der Waals surface area contributed by atoms with Gasteiger partial charge in [-0.2, -0.15) is 5.10 Å². The third-order valence-electron chi connectivity index (χ3n) is 5.69. The number of aromatic nitrogens is 3. The van der Waals surface area contributed by atoms with E-state index in [2.05, 4.69) is 25.0 Å². The van der Waals surface area contributed by atoms with Crippen LogP contribution in [0.3, 0.4) is 0 Å². The van der Waals surface area contributed by atoms with E-state index in [0.717, 1.165) is 35.2 Å². The lowest BCUT2D eigenvalue weighted by molar-refractivity contribution is 0.0785. The summed E-state index contributed by atoms with van der Waals surface area (Å²) >= 11 is 1.51. The highest BCUT2D eigenvalue weighted by Crippen LogP contribution is 2.30. The predicted octanol–water partition coefficient (Wildman–Crippen LogP) is 5.66. The molecule has 1 amide bonds. The van der Waals surface area contributed by atoms with Crippen LogP contribution in [0.25, 0.3) is 22.0 Å². The maximum Gasteiger partial charge on any atom is 0.255 e. The van der Waals surface area contributed by atoms with Gasteiger partial charge in [0.1, 0.15) is 17.4 Å². The first-order valence-electron chi connectivity index (χ1n) is 11.4. The quantitative estimate of drug-likeness (QED) is 0.325. The van der Waals surface area contributed by atoms with Crippen molar-refractivity contribution in [3.05, 3.63) is 47.5 Å². The van der Waals surface area contributed by atoms with Gasteiger partial charge in [0.15, 0.2) is 0 Å². The standard InChI is InChI=1S/C24H32N4O2SSi/c1-32(2,3)14-13-30-17-28-15-20(23(29)25-19-11-7-8-12-19)22(27-28)24-26-21(16-31-24)18-9-5-4-6-10-18/h4-6,9-10,15-16,19H,7-8,11-14,17H2,1-3H3,(H,25,29). The zero-order valence-electron chi connectivity index (χ0n) is 19.1. The fourth-order valence-electron chi connectivity index (χ4n) is 3.81. The van der Waals surface area contributed by atoms with Gasteiger partial charge in [-0.3, -0.25) is 4.79 Å². The maximum absolute atomic E-state index is 13.1. The van der Waals surface area contributed by atoms with Crippen LogP contribution in [0.4, 0.5) is 0 Å². The topological polar surface area (TPSA) is 69.0 Å². The summed E-state index contributed by atoms with van der Waals surface area (Å²) in [6.45, 7) is 8.05. The van der Waals surface area contributed by atoms with Crippen molar-refractivity contribution < 1.29 is 9.53 Å². The molecule has 32 heavy (non-hydrogen) atoms. The second-order valence-corrected chi connectivity index (χ2v) is 16.1. The van der Waals surface area contributed by atoms with Crippen LogP contribution >= 0.6 is 11.3 Å². The van der Waals surface area contributed by atoms with Gasteiger partial charge >= 0.3 is 0 Å². The Bertz CT molecular complexity index is 1040. The van der Waals surface area contributed by atoms with Crippen LogP contribution in [-0.4, -0.2) is 41.4 Å². The van der Waals surface area contributed by atoms with Gasteiger partial charge in [0.25, 0.3) is 5.91 Å². The Morgan fingerprint density at radius 3 is 2.69 bits per heavy atom. The van der Waals surface area contributed by atoms with Crippen molar-refractivity contribution in [1.29, 1.82) is 0 Å². The Morgan fingerprint density at radius 2 is 1.97 bits per heavy atom. The molecule has 1 aliphatic carbocycles. The number of hydrogen-bond acceptors (Lipinski definition) is 5. The van der Waals surface area contributed by atoms with E-state index in [1.165, 1.54) is 24.2 Å². The first kappa shape index (κ1) is 22.9. The van der Waals surface area contributed by atoms with Gasteiger partial charge in [0.2, 0.25) is 0 Å². The van der Waals surface area contributed by atoms with Crippen molar-refractivity contribution >= 4 is 25.3 Å². The first-order chi connectivity index (χ1) is 15.4. The summed E-state index contributed by atoms with van der Waals surface area (Å²) in [5.41, 5.74) is 3.15. The lowest BCUT2D eigenvalue weighted by atomic mass is 10.2. The van der Waals surface area contributed by atoms with Crippen LogP contribution in [0, 0.1) is 0 Å². The van der Waals surface area contributed by atoms with E-state index in [1.54, 1.807) is 10.9 Å². The minimum atomic E-state index is -1.15. The summed E-state index contributed by atoms with van der Waals surface area (Å²) in [6, 6.07) is 11.4. The molecule has 1 fully saturated rings. The molecule has 2 heterocycles. The third kappa shape index (κ3) is 5.93. The number of nitrogens with one attached hydrogen (secondary N) is 1. The van der Waals surface area contributed by atoms with E-state index < -0.39 is 8.07 Å². The number of amides is 1. The number of carbonyl (C=O) groups is 1. The van der Waals surface area contributed by atoms with Crippen LogP contribution in [0.1, 0.15) is 36.0 Å². The molecule has 1 aromatic carbocycles. The molecule has 0 aliphatic heterocycles. The van der Waals surface area contributed by atoms with Crippen molar-refractivity contribution in [3.8, 4) is 22.0 Å². The molecule has 6 nitrogen and oxygen atoms in total. The predicted molar refractivity (Wildman–Crippen MR) is 133 cm³/mol. The van der Waals surface area contributed by atoms with Gasteiger partial charge in [-0.25, -0.2) is 9.67 Å². The molecule has 0 atom stereocenters. The van der Waals surface area contributed by atoms with Gasteiger partial charge in [0.05, 0.1) is 11.3 Å². The summed E-state index contributed by atoms with van der Waals surface area (Å²) in [5.74, 6) is -0.0725. The van der Waals surface area contributed by atoms with Crippen LogP contribution in [-0.2, 0) is 11.5 Å². The Hall–Kier alpha value is -2.29. The second-order valence-electron chi connectivity index (χ2n) is 9.64. The number of carbonyl (C=O) groups excluding carboxylic acids is 1. The van der Waals surface area contributed by atoms with Crippen LogP contribution in [0.2, 0.25) is 25.7 Å². The molecule has 8 heteroatoms. The summed E-state index contributed by atoms with van der Waals surface area (Å²) in [6.07, 6.45) is 6.25. The summed E-state index contributed by atoms with van der Waals surface area (Å²) in [5, 5.41) is 10.7. The molecule has 1 saturated carbocycles. The molecule has 0 bridgehead atoms. The maximum atomic E-state index is 13.1. The average molecular weight is 469 g/mol. The molecule has 1 aliphatic rings. The molecule has 0 spiro atoms. The molecule has 1 N–H and O–H groups in total. The Kier molecular flexibility index (Phi) is 7.22. The lowest BCUT2D eigenvalue weighted by Gasteiger charge is -2.15. The zero-order chi connectivity index (χ0) is 22.6. The highest BCUT2D eigenvalue weighted by atomic mass is 32.1. The number of benzene rings is 1. The molecule has 2 aromatic heterocycles. The van der Waals surface area contributed by atoms with Gasteiger partial charge in [-0.1, -0.05) is 62.8 Å². The minimum absolute atomic E-state index is 0.0725.